The van der Waals surface area contributed by atoms with E-state index in [9.17, 15) is 13.2 Å². The van der Waals surface area contributed by atoms with E-state index in [1.54, 1.807) is 24.1 Å². The van der Waals surface area contributed by atoms with Crippen LogP contribution in [0.5, 0.6) is 0 Å². The minimum atomic E-state index is -3.30. The highest BCUT2D eigenvalue weighted by atomic mass is 32.2. The van der Waals surface area contributed by atoms with Crippen LogP contribution in [-0.2, 0) is 14.6 Å². The fourth-order valence-electron chi connectivity index (χ4n) is 2.65. The Balaban J connectivity index is 1.95. The first-order valence-corrected chi connectivity index (χ1v) is 10.1. The lowest BCUT2D eigenvalue weighted by Crippen LogP contribution is -2.34. The van der Waals surface area contributed by atoms with Gasteiger partial charge in [0.1, 0.15) is 0 Å². The fourth-order valence-corrected chi connectivity index (χ4v) is 3.30. The van der Waals surface area contributed by atoms with Crippen LogP contribution in [0.4, 0.5) is 10.5 Å². The van der Waals surface area contributed by atoms with Gasteiger partial charge in [0, 0.05) is 32.1 Å². The number of rotatable bonds is 5. The number of ether oxygens (including phenoxy) is 1. The summed E-state index contributed by atoms with van der Waals surface area (Å²) in [6.07, 6.45) is 5.53. The molecule has 0 spiro atoms. The van der Waals surface area contributed by atoms with Crippen molar-refractivity contribution in [2.24, 2.45) is 0 Å². The molecule has 0 bridgehead atoms. The average Bonchev–Trinajstić information content (AvgIpc) is 2.54. The van der Waals surface area contributed by atoms with Crippen LogP contribution in [0.25, 0.3) is 0 Å². The highest BCUT2D eigenvalue weighted by Crippen LogP contribution is 2.21. The molecule has 1 unspecified atom stereocenters. The number of nitrogens with one attached hydrogen (secondary N) is 1. The van der Waals surface area contributed by atoms with Crippen molar-refractivity contribution in [2.75, 3.05) is 31.8 Å². The molecule has 0 aliphatic carbocycles. The molecule has 0 radical (unpaired) electrons. The van der Waals surface area contributed by atoms with Crippen molar-refractivity contribution in [1.82, 2.24) is 4.90 Å². The van der Waals surface area contributed by atoms with Gasteiger partial charge >= 0.3 is 6.03 Å². The van der Waals surface area contributed by atoms with Crippen molar-refractivity contribution in [3.63, 3.8) is 0 Å². The molecule has 6 nitrogen and oxygen atoms in total. The summed E-state index contributed by atoms with van der Waals surface area (Å²) in [7, 11) is -1.57. The van der Waals surface area contributed by atoms with Gasteiger partial charge in [-0.3, -0.25) is 0 Å². The number of carbonyl (C=O) groups is 1. The minimum Gasteiger partial charge on any atom is -0.378 e. The Morgan fingerprint density at radius 1 is 1.38 bits per heavy atom. The summed E-state index contributed by atoms with van der Waals surface area (Å²) in [5.74, 6) is 0. The third-order valence-electron chi connectivity index (χ3n) is 4.29. The van der Waals surface area contributed by atoms with Crippen LogP contribution in [-0.4, -0.2) is 51.9 Å². The summed E-state index contributed by atoms with van der Waals surface area (Å²) in [6, 6.07) is 4.49. The molecule has 1 aromatic rings. The van der Waals surface area contributed by atoms with Gasteiger partial charge in [-0.1, -0.05) is 6.07 Å². The lowest BCUT2D eigenvalue weighted by atomic mass is 10.1. The van der Waals surface area contributed by atoms with Gasteiger partial charge in [-0.2, -0.15) is 0 Å². The molecule has 1 N–H and O–H groups in total. The van der Waals surface area contributed by atoms with Crippen molar-refractivity contribution < 1.29 is 17.9 Å². The van der Waals surface area contributed by atoms with Crippen LogP contribution >= 0.6 is 0 Å². The standard InChI is InChI=1S/C17H26N2O4S/c1-13-7-8-15(24(3,21)22)12-16(13)18-17(20)19(2)10-9-14-6-4-5-11-23-14/h7-8,12,14H,4-6,9-11H2,1-3H3,(H,18,20). The van der Waals surface area contributed by atoms with Crippen LogP contribution in [0, 0.1) is 6.92 Å². The lowest BCUT2D eigenvalue weighted by Gasteiger charge is -2.25. The van der Waals surface area contributed by atoms with E-state index in [-0.39, 0.29) is 17.0 Å². The zero-order valence-corrected chi connectivity index (χ0v) is 15.4. The number of aryl methyl sites for hydroxylation is 1. The zero-order valence-electron chi connectivity index (χ0n) is 14.5. The number of amides is 2. The first-order chi connectivity index (χ1) is 11.3. The maximum Gasteiger partial charge on any atom is 0.321 e. The molecule has 1 aromatic carbocycles. The van der Waals surface area contributed by atoms with Gasteiger partial charge < -0.3 is 15.0 Å². The van der Waals surface area contributed by atoms with Crippen LogP contribution in [0.15, 0.2) is 23.1 Å². The van der Waals surface area contributed by atoms with E-state index in [1.807, 2.05) is 6.92 Å². The molecule has 1 atom stereocenters. The number of hydrogen-bond acceptors (Lipinski definition) is 4. The Kier molecular flexibility index (Phi) is 6.23. The van der Waals surface area contributed by atoms with Gasteiger partial charge in [-0.15, -0.1) is 0 Å². The molecule has 1 heterocycles. The van der Waals surface area contributed by atoms with Crippen LogP contribution in [0.2, 0.25) is 0 Å². The van der Waals surface area contributed by atoms with E-state index >= 15 is 0 Å². The topological polar surface area (TPSA) is 75.7 Å². The van der Waals surface area contributed by atoms with Gasteiger partial charge in [-0.05, 0) is 50.3 Å². The molecule has 1 aliphatic heterocycles. The minimum absolute atomic E-state index is 0.196. The first-order valence-electron chi connectivity index (χ1n) is 8.22. The molecule has 0 aromatic heterocycles. The Morgan fingerprint density at radius 3 is 2.75 bits per heavy atom. The Morgan fingerprint density at radius 2 is 2.12 bits per heavy atom. The van der Waals surface area contributed by atoms with Gasteiger partial charge in [0.25, 0.3) is 0 Å². The summed E-state index contributed by atoms with van der Waals surface area (Å²) in [4.78, 5) is 14.1. The molecular weight excluding hydrogens is 328 g/mol. The van der Waals surface area contributed by atoms with E-state index in [1.165, 1.54) is 12.5 Å². The number of carbonyl (C=O) groups excluding carboxylic acids is 1. The summed E-state index contributed by atoms with van der Waals surface area (Å²) < 4.78 is 29.0. The monoisotopic (exact) mass is 354 g/mol. The Bertz CT molecular complexity index is 682. The van der Waals surface area contributed by atoms with Crippen LogP contribution < -0.4 is 5.32 Å². The summed E-state index contributed by atoms with van der Waals surface area (Å²) in [5.41, 5.74) is 1.34. The highest BCUT2D eigenvalue weighted by molar-refractivity contribution is 7.90. The maximum atomic E-state index is 12.3. The third kappa shape index (κ3) is 5.21. The van der Waals surface area contributed by atoms with E-state index in [0.29, 0.717) is 12.2 Å². The second-order valence-corrected chi connectivity index (χ2v) is 8.39. The van der Waals surface area contributed by atoms with Crippen molar-refractivity contribution in [1.29, 1.82) is 0 Å². The van der Waals surface area contributed by atoms with Crippen LogP contribution in [0.3, 0.4) is 0 Å². The molecule has 7 heteroatoms. The third-order valence-corrected chi connectivity index (χ3v) is 5.40. The molecule has 1 saturated heterocycles. The molecule has 2 rings (SSSR count). The summed E-state index contributed by atoms with van der Waals surface area (Å²) in [5, 5.41) is 2.79. The number of sulfone groups is 1. The molecule has 1 aliphatic rings. The van der Waals surface area contributed by atoms with Gasteiger partial charge in [0.15, 0.2) is 9.84 Å². The van der Waals surface area contributed by atoms with Crippen molar-refractivity contribution in [2.45, 2.75) is 43.6 Å². The summed E-state index contributed by atoms with van der Waals surface area (Å²) >= 11 is 0. The molecular formula is C17H26N2O4S. The van der Waals surface area contributed by atoms with Gasteiger partial charge in [0.2, 0.25) is 0 Å². The largest absolute Gasteiger partial charge is 0.378 e. The van der Waals surface area contributed by atoms with Crippen molar-refractivity contribution >= 4 is 21.6 Å². The second-order valence-electron chi connectivity index (χ2n) is 6.38. The quantitative estimate of drug-likeness (QED) is 0.882. The van der Waals surface area contributed by atoms with Gasteiger partial charge in [-0.25, -0.2) is 13.2 Å². The normalized spacial score (nSPS) is 18.2. The first kappa shape index (κ1) is 18.7. The number of urea groups is 1. The Hall–Kier alpha value is -1.60. The van der Waals surface area contributed by atoms with E-state index in [4.69, 9.17) is 4.74 Å². The zero-order chi connectivity index (χ0) is 17.7. The van der Waals surface area contributed by atoms with E-state index in [2.05, 4.69) is 5.32 Å². The fraction of sp³-hybridized carbons (Fsp3) is 0.588. The number of hydrogen-bond donors (Lipinski definition) is 1. The van der Waals surface area contributed by atoms with E-state index < -0.39 is 9.84 Å². The molecule has 1 fully saturated rings. The average molecular weight is 354 g/mol. The van der Waals surface area contributed by atoms with Crippen molar-refractivity contribution in [3.05, 3.63) is 23.8 Å². The summed E-state index contributed by atoms with van der Waals surface area (Å²) in [6.45, 7) is 3.23. The molecule has 2 amide bonds. The molecule has 0 saturated carbocycles. The number of benzene rings is 1. The lowest BCUT2D eigenvalue weighted by molar-refractivity contribution is 0.00848. The van der Waals surface area contributed by atoms with E-state index in [0.717, 1.165) is 37.7 Å². The van der Waals surface area contributed by atoms with Crippen LogP contribution in [0.1, 0.15) is 31.2 Å². The SMILES string of the molecule is Cc1ccc(S(C)(=O)=O)cc1NC(=O)N(C)CCC1CCCCO1. The molecule has 24 heavy (non-hydrogen) atoms. The number of nitrogens with zero attached hydrogens (tertiary/aromatic N) is 1. The predicted molar refractivity (Wildman–Crippen MR) is 94.1 cm³/mol. The molecule has 134 valence electrons. The smallest absolute Gasteiger partial charge is 0.321 e. The number of anilines is 1. The van der Waals surface area contributed by atoms with Gasteiger partial charge in [0.05, 0.1) is 11.0 Å². The second kappa shape index (κ2) is 7.98. The highest BCUT2D eigenvalue weighted by Gasteiger charge is 2.17. The maximum absolute atomic E-state index is 12.3. The Labute approximate surface area is 144 Å². The van der Waals surface area contributed by atoms with Crippen molar-refractivity contribution in [3.8, 4) is 0 Å². The predicted octanol–water partition coefficient (Wildman–Crippen LogP) is 2.82.